The predicted octanol–water partition coefficient (Wildman–Crippen LogP) is 2.08. The minimum atomic E-state index is -0.983. The molecule has 2 N–H and O–H groups in total. The van der Waals surface area contributed by atoms with Crippen LogP contribution in [0.2, 0.25) is 0 Å². The summed E-state index contributed by atoms with van der Waals surface area (Å²) in [6.45, 7) is 7.01. The van der Waals surface area contributed by atoms with Gasteiger partial charge in [0.05, 0.1) is 7.05 Å². The Morgan fingerprint density at radius 3 is 2.45 bits per heavy atom. The largest absolute Gasteiger partial charge is 0.490 e. The van der Waals surface area contributed by atoms with Gasteiger partial charge in [0.25, 0.3) is 5.91 Å². The standard InChI is InChI=1S/C23H27N3O3/c1-4-15-29-20-13-11-18(12-14-20)16-25(3)17-26-21(27)23(5-2,24-22(26)28)19-9-7-6-8-10-19/h4,6-14H,1,5,15-17H2,2-3H3,(H,24,28)/p+1/t23-/m0/s1. The molecule has 152 valence electrons. The minimum absolute atomic E-state index is 0.191. The summed E-state index contributed by atoms with van der Waals surface area (Å²) in [5.41, 5.74) is 0.935. The van der Waals surface area contributed by atoms with Crippen molar-refractivity contribution in [3.05, 3.63) is 78.4 Å². The van der Waals surface area contributed by atoms with E-state index in [0.717, 1.165) is 21.8 Å². The smallest absolute Gasteiger partial charge is 0.329 e. The van der Waals surface area contributed by atoms with Crippen molar-refractivity contribution in [3.63, 3.8) is 0 Å². The Balaban J connectivity index is 1.67. The van der Waals surface area contributed by atoms with E-state index in [-0.39, 0.29) is 11.9 Å². The number of hydrogen-bond donors (Lipinski definition) is 2. The number of nitrogens with zero attached hydrogens (tertiary/aromatic N) is 1. The Morgan fingerprint density at radius 1 is 1.14 bits per heavy atom. The van der Waals surface area contributed by atoms with Crippen LogP contribution in [0.5, 0.6) is 5.75 Å². The number of quaternary nitrogens is 1. The molecule has 3 rings (SSSR count). The van der Waals surface area contributed by atoms with Gasteiger partial charge in [-0.05, 0) is 36.2 Å². The fourth-order valence-corrected chi connectivity index (χ4v) is 3.66. The zero-order valence-corrected chi connectivity index (χ0v) is 17.0. The van der Waals surface area contributed by atoms with Crippen molar-refractivity contribution in [1.82, 2.24) is 10.2 Å². The third-order valence-corrected chi connectivity index (χ3v) is 5.20. The minimum Gasteiger partial charge on any atom is -0.490 e. The molecule has 1 fully saturated rings. The molecule has 6 heteroatoms. The average Bonchev–Trinajstić information content (AvgIpc) is 2.99. The molecular formula is C23H28N3O3+. The van der Waals surface area contributed by atoms with Crippen LogP contribution in [0.25, 0.3) is 0 Å². The lowest BCUT2D eigenvalue weighted by molar-refractivity contribution is -0.901. The van der Waals surface area contributed by atoms with Gasteiger partial charge in [0, 0.05) is 5.56 Å². The monoisotopic (exact) mass is 394 g/mol. The zero-order chi connectivity index (χ0) is 20.9. The second-order valence-corrected chi connectivity index (χ2v) is 7.32. The fraction of sp³-hybridized carbons (Fsp3) is 0.304. The third-order valence-electron chi connectivity index (χ3n) is 5.20. The Hall–Kier alpha value is -3.12. The first kappa shape index (κ1) is 20.6. The molecule has 1 saturated heterocycles. The van der Waals surface area contributed by atoms with E-state index in [4.69, 9.17) is 4.74 Å². The van der Waals surface area contributed by atoms with E-state index in [1.54, 1.807) is 6.08 Å². The van der Waals surface area contributed by atoms with Crippen LogP contribution in [0, 0.1) is 0 Å². The molecule has 1 aliphatic rings. The van der Waals surface area contributed by atoms with Crippen LogP contribution in [0.3, 0.4) is 0 Å². The zero-order valence-electron chi connectivity index (χ0n) is 17.0. The summed E-state index contributed by atoms with van der Waals surface area (Å²) in [6.07, 6.45) is 2.21. The number of urea groups is 1. The van der Waals surface area contributed by atoms with E-state index >= 15 is 0 Å². The molecule has 0 aromatic heterocycles. The lowest BCUT2D eigenvalue weighted by Gasteiger charge is -2.26. The first-order valence-corrected chi connectivity index (χ1v) is 9.83. The Kier molecular flexibility index (Phi) is 6.34. The topological polar surface area (TPSA) is 63.1 Å². The summed E-state index contributed by atoms with van der Waals surface area (Å²) in [4.78, 5) is 28.2. The molecule has 2 aromatic rings. The van der Waals surface area contributed by atoms with Crippen LogP contribution >= 0.6 is 0 Å². The molecule has 1 heterocycles. The quantitative estimate of drug-likeness (QED) is 0.506. The maximum atomic E-state index is 13.2. The van der Waals surface area contributed by atoms with Crippen molar-refractivity contribution in [2.45, 2.75) is 25.4 Å². The van der Waals surface area contributed by atoms with E-state index in [2.05, 4.69) is 11.9 Å². The van der Waals surface area contributed by atoms with Crippen LogP contribution < -0.4 is 15.0 Å². The highest BCUT2D eigenvalue weighted by atomic mass is 16.5. The van der Waals surface area contributed by atoms with Gasteiger partial charge in [-0.3, -0.25) is 4.79 Å². The Morgan fingerprint density at radius 2 is 1.83 bits per heavy atom. The molecule has 0 radical (unpaired) electrons. The van der Waals surface area contributed by atoms with Crippen molar-refractivity contribution in [3.8, 4) is 5.75 Å². The lowest BCUT2D eigenvalue weighted by atomic mass is 9.87. The molecule has 2 atom stereocenters. The van der Waals surface area contributed by atoms with Crippen molar-refractivity contribution >= 4 is 11.9 Å². The number of benzene rings is 2. The third kappa shape index (κ3) is 4.32. The van der Waals surface area contributed by atoms with E-state index in [1.165, 1.54) is 4.90 Å². The maximum Gasteiger partial charge on any atom is 0.329 e. The summed E-state index contributed by atoms with van der Waals surface area (Å²) < 4.78 is 5.50. The second-order valence-electron chi connectivity index (χ2n) is 7.32. The molecule has 0 saturated carbocycles. The number of rotatable bonds is 9. The molecule has 29 heavy (non-hydrogen) atoms. The number of imide groups is 1. The van der Waals surface area contributed by atoms with E-state index in [0.29, 0.717) is 26.2 Å². The number of hydrogen-bond acceptors (Lipinski definition) is 3. The fourth-order valence-electron chi connectivity index (χ4n) is 3.66. The van der Waals surface area contributed by atoms with Crippen LogP contribution in [-0.4, -0.2) is 37.2 Å². The van der Waals surface area contributed by atoms with Crippen LogP contribution in [0.4, 0.5) is 4.79 Å². The number of ether oxygens (including phenoxy) is 1. The second kappa shape index (κ2) is 8.92. The van der Waals surface area contributed by atoms with Crippen LogP contribution in [0.1, 0.15) is 24.5 Å². The molecule has 0 bridgehead atoms. The molecule has 2 aromatic carbocycles. The Bertz CT molecular complexity index is 867. The molecule has 1 unspecified atom stereocenters. The van der Waals surface area contributed by atoms with Crippen molar-refractivity contribution in [1.29, 1.82) is 0 Å². The molecular weight excluding hydrogens is 366 g/mol. The van der Waals surface area contributed by atoms with Gasteiger partial charge in [-0.2, -0.15) is 0 Å². The SMILES string of the molecule is C=CCOc1ccc(C[NH+](C)CN2C(=O)N[C@@](CC)(c3ccccc3)C2=O)cc1. The van der Waals surface area contributed by atoms with Gasteiger partial charge < -0.3 is 15.0 Å². The average molecular weight is 394 g/mol. The number of amides is 3. The summed E-state index contributed by atoms with van der Waals surface area (Å²) >= 11 is 0. The van der Waals surface area contributed by atoms with Gasteiger partial charge in [-0.15, -0.1) is 0 Å². The molecule has 1 aliphatic heterocycles. The first-order valence-electron chi connectivity index (χ1n) is 9.83. The van der Waals surface area contributed by atoms with Gasteiger partial charge in [0.15, 0.2) is 6.67 Å². The summed E-state index contributed by atoms with van der Waals surface area (Å²) in [5, 5.41) is 2.93. The predicted molar refractivity (Wildman–Crippen MR) is 111 cm³/mol. The number of nitrogens with one attached hydrogen (secondary N) is 2. The van der Waals surface area contributed by atoms with Crippen molar-refractivity contribution < 1.29 is 19.2 Å². The van der Waals surface area contributed by atoms with Gasteiger partial charge >= 0.3 is 6.03 Å². The normalized spacial score (nSPS) is 19.7. The summed E-state index contributed by atoms with van der Waals surface area (Å²) in [6, 6.07) is 16.9. The first-order chi connectivity index (χ1) is 14.0. The summed E-state index contributed by atoms with van der Waals surface area (Å²) in [7, 11) is 1.97. The van der Waals surface area contributed by atoms with Gasteiger partial charge in [0.1, 0.15) is 24.4 Å². The summed E-state index contributed by atoms with van der Waals surface area (Å²) in [5.74, 6) is 0.597. The number of carbonyl (C=O) groups is 2. The van der Waals surface area contributed by atoms with Crippen LogP contribution in [0.15, 0.2) is 67.3 Å². The highest BCUT2D eigenvalue weighted by molar-refractivity contribution is 6.07. The highest BCUT2D eigenvalue weighted by Gasteiger charge is 2.52. The van der Waals surface area contributed by atoms with E-state index in [9.17, 15) is 9.59 Å². The lowest BCUT2D eigenvalue weighted by Crippen LogP contribution is -3.09. The van der Waals surface area contributed by atoms with Gasteiger partial charge in [-0.1, -0.05) is 49.9 Å². The molecule has 0 aliphatic carbocycles. The highest BCUT2D eigenvalue weighted by Crippen LogP contribution is 2.31. The van der Waals surface area contributed by atoms with E-state index < -0.39 is 5.54 Å². The maximum absolute atomic E-state index is 13.2. The van der Waals surface area contributed by atoms with Crippen molar-refractivity contribution in [2.75, 3.05) is 20.3 Å². The van der Waals surface area contributed by atoms with Crippen LogP contribution in [-0.2, 0) is 16.9 Å². The molecule has 3 amide bonds. The molecule has 0 spiro atoms. The van der Waals surface area contributed by atoms with Gasteiger partial charge in [-0.25, -0.2) is 9.69 Å². The molecule has 6 nitrogen and oxygen atoms in total. The Labute approximate surface area is 171 Å². The van der Waals surface area contributed by atoms with E-state index in [1.807, 2.05) is 68.6 Å². The number of carbonyl (C=O) groups excluding carboxylic acids is 2. The van der Waals surface area contributed by atoms with Crippen molar-refractivity contribution in [2.24, 2.45) is 0 Å². The van der Waals surface area contributed by atoms with Gasteiger partial charge in [0.2, 0.25) is 0 Å².